The fraction of sp³-hybridized carbons (Fsp3) is 0. The van der Waals surface area contributed by atoms with Gasteiger partial charge in [-0.1, -0.05) is 206 Å². The number of hydrogen-bond donors (Lipinski definition) is 0. The number of benzene rings is 8. The molecule has 0 amide bonds. The van der Waals surface area contributed by atoms with Crippen LogP contribution in [0.25, 0.3) is 20.2 Å². The van der Waals surface area contributed by atoms with E-state index in [9.17, 15) is 0 Å². The highest BCUT2D eigenvalue weighted by Crippen LogP contribution is 2.33. The molecular formula is C48H36SSi2. The average molecular weight is 701 g/mol. The van der Waals surface area contributed by atoms with Crippen LogP contribution in [0.5, 0.6) is 0 Å². The summed E-state index contributed by atoms with van der Waals surface area (Å²) in [6.45, 7) is 0. The second-order valence-corrected chi connectivity index (χ2v) is 21.9. The van der Waals surface area contributed by atoms with E-state index in [1.807, 2.05) is 11.3 Å². The van der Waals surface area contributed by atoms with E-state index in [-0.39, 0.29) is 0 Å². The second-order valence-electron chi connectivity index (χ2n) is 13.2. The standard InChI is InChI=1S/C48H36SSi2/c1-7-19-37(20-8-1)50(38-21-9-2-10-22-38,39-23-11-3-12-24-39)43-31-33-45-46-34-32-44(36-48(46)49-47(45)35-43)51(40-25-13-4-14-26-40,41-27-15-5-16-28-41)42-29-17-6-18-30-42/h1-36H. The van der Waals surface area contributed by atoms with Crippen LogP contribution >= 0.6 is 11.3 Å². The van der Waals surface area contributed by atoms with Crippen molar-refractivity contribution in [2.75, 3.05) is 0 Å². The summed E-state index contributed by atoms with van der Waals surface area (Å²) in [6, 6.07) is 82.0. The lowest BCUT2D eigenvalue weighted by Gasteiger charge is -2.34. The first-order chi connectivity index (χ1) is 25.3. The van der Waals surface area contributed by atoms with Crippen molar-refractivity contribution in [3.05, 3.63) is 218 Å². The summed E-state index contributed by atoms with van der Waals surface area (Å²) in [6.07, 6.45) is 0. The lowest BCUT2D eigenvalue weighted by atomic mass is 10.1. The molecule has 51 heavy (non-hydrogen) atoms. The van der Waals surface area contributed by atoms with E-state index in [0.29, 0.717) is 0 Å². The fourth-order valence-electron chi connectivity index (χ4n) is 8.37. The summed E-state index contributed by atoms with van der Waals surface area (Å²) in [5.41, 5.74) is 0. The molecule has 0 unspecified atom stereocenters. The van der Waals surface area contributed by atoms with Crippen LogP contribution in [0, 0.1) is 0 Å². The highest BCUT2D eigenvalue weighted by atomic mass is 32.1. The zero-order valence-electron chi connectivity index (χ0n) is 28.2. The van der Waals surface area contributed by atoms with Gasteiger partial charge in [0.15, 0.2) is 16.1 Å². The van der Waals surface area contributed by atoms with Crippen molar-refractivity contribution < 1.29 is 0 Å². The van der Waals surface area contributed by atoms with Gasteiger partial charge in [0.2, 0.25) is 0 Å². The molecule has 9 aromatic rings. The summed E-state index contributed by atoms with van der Waals surface area (Å²) in [7, 11) is -5.25. The summed E-state index contributed by atoms with van der Waals surface area (Å²) in [5, 5.41) is 13.9. The van der Waals surface area contributed by atoms with Gasteiger partial charge in [0.1, 0.15) is 0 Å². The Morgan fingerprint density at radius 2 is 0.471 bits per heavy atom. The molecule has 242 valence electrons. The van der Waals surface area contributed by atoms with Gasteiger partial charge in [0.05, 0.1) is 0 Å². The molecule has 1 aromatic heterocycles. The van der Waals surface area contributed by atoms with Crippen molar-refractivity contribution in [1.29, 1.82) is 0 Å². The smallest absolute Gasteiger partial charge is 0.135 e. The molecule has 0 fully saturated rings. The third kappa shape index (κ3) is 5.16. The zero-order valence-corrected chi connectivity index (χ0v) is 31.0. The van der Waals surface area contributed by atoms with Crippen LogP contribution in [0.3, 0.4) is 0 Å². The van der Waals surface area contributed by atoms with Crippen LogP contribution in [0.15, 0.2) is 218 Å². The molecule has 0 saturated heterocycles. The van der Waals surface area contributed by atoms with Gasteiger partial charge in [-0.15, -0.1) is 11.3 Å². The Kier molecular flexibility index (Phi) is 8.17. The summed E-state index contributed by atoms with van der Waals surface area (Å²) in [4.78, 5) is 0. The monoisotopic (exact) mass is 700 g/mol. The van der Waals surface area contributed by atoms with E-state index < -0.39 is 16.1 Å². The van der Waals surface area contributed by atoms with E-state index >= 15 is 0 Å². The van der Waals surface area contributed by atoms with E-state index in [1.165, 1.54) is 61.7 Å². The molecule has 0 bridgehead atoms. The molecule has 0 N–H and O–H groups in total. The Morgan fingerprint density at radius 3 is 0.706 bits per heavy atom. The lowest BCUT2D eigenvalue weighted by molar-refractivity contribution is 1.67. The molecule has 1 heterocycles. The number of fused-ring (bicyclic) bond motifs is 3. The van der Waals surface area contributed by atoms with Gasteiger partial charge in [-0.05, 0) is 53.6 Å². The molecular weight excluding hydrogens is 665 g/mol. The molecule has 8 aromatic carbocycles. The van der Waals surface area contributed by atoms with Gasteiger partial charge in [-0.2, -0.15) is 0 Å². The van der Waals surface area contributed by atoms with E-state index in [1.54, 1.807) is 0 Å². The maximum Gasteiger partial charge on any atom is 0.179 e. The SMILES string of the molecule is c1ccc([Si](c2ccccc2)(c2ccccc2)c2ccc3c(c2)sc2cc([Si](c4ccccc4)(c4ccccc4)c4ccccc4)ccc23)cc1. The average Bonchev–Trinajstić information content (AvgIpc) is 3.58. The number of rotatable bonds is 8. The van der Waals surface area contributed by atoms with E-state index in [0.717, 1.165) is 0 Å². The summed E-state index contributed by atoms with van der Waals surface area (Å²) >= 11 is 1.94. The van der Waals surface area contributed by atoms with Gasteiger partial charge in [-0.3, -0.25) is 0 Å². The Hall–Kier alpha value is -5.59. The quantitative estimate of drug-likeness (QED) is 0.121. The molecule has 0 atom stereocenters. The van der Waals surface area contributed by atoms with E-state index in [2.05, 4.69) is 218 Å². The third-order valence-corrected chi connectivity index (χ3v) is 21.2. The van der Waals surface area contributed by atoms with Gasteiger partial charge >= 0.3 is 0 Å². The molecule has 0 nitrogen and oxygen atoms in total. The number of thiophene rings is 1. The van der Waals surface area contributed by atoms with Gasteiger partial charge < -0.3 is 0 Å². The first-order valence-electron chi connectivity index (χ1n) is 17.6. The minimum atomic E-state index is -2.63. The summed E-state index contributed by atoms with van der Waals surface area (Å²) < 4.78 is 2.68. The van der Waals surface area contributed by atoms with Crippen molar-refractivity contribution in [2.45, 2.75) is 0 Å². The molecule has 9 rings (SSSR count). The molecule has 0 spiro atoms. The second kappa shape index (κ2) is 13.3. The van der Waals surface area contributed by atoms with Crippen molar-refractivity contribution in [3.8, 4) is 0 Å². The Bertz CT molecular complexity index is 2180. The molecule has 3 heteroatoms. The van der Waals surface area contributed by atoms with Crippen molar-refractivity contribution >= 4 is 89.2 Å². The van der Waals surface area contributed by atoms with Crippen molar-refractivity contribution in [1.82, 2.24) is 0 Å². The Balaban J connectivity index is 1.30. The van der Waals surface area contributed by atoms with Crippen molar-refractivity contribution in [3.63, 3.8) is 0 Å². The maximum atomic E-state index is 2.52. The van der Waals surface area contributed by atoms with Gasteiger partial charge in [0, 0.05) is 20.2 Å². The Labute approximate surface area is 306 Å². The topological polar surface area (TPSA) is 0 Å². The maximum absolute atomic E-state index is 2.63. The first-order valence-corrected chi connectivity index (χ1v) is 22.4. The molecule has 0 saturated carbocycles. The molecule has 0 aliphatic carbocycles. The van der Waals surface area contributed by atoms with Crippen LogP contribution in [0.1, 0.15) is 0 Å². The first kappa shape index (κ1) is 31.4. The normalized spacial score (nSPS) is 11.9. The van der Waals surface area contributed by atoms with Crippen LogP contribution in [-0.2, 0) is 0 Å². The predicted molar refractivity (Wildman–Crippen MR) is 227 cm³/mol. The Morgan fingerprint density at radius 1 is 0.235 bits per heavy atom. The van der Waals surface area contributed by atoms with Gasteiger partial charge in [-0.25, -0.2) is 0 Å². The lowest BCUT2D eigenvalue weighted by Crippen LogP contribution is -2.74. The highest BCUT2D eigenvalue weighted by Gasteiger charge is 2.43. The molecule has 0 aliphatic rings. The van der Waals surface area contributed by atoms with Crippen LogP contribution in [-0.4, -0.2) is 16.1 Å². The highest BCUT2D eigenvalue weighted by molar-refractivity contribution is 7.27. The zero-order chi connectivity index (χ0) is 34.1. The number of hydrogen-bond acceptors (Lipinski definition) is 1. The van der Waals surface area contributed by atoms with Gasteiger partial charge in [0.25, 0.3) is 0 Å². The van der Waals surface area contributed by atoms with E-state index in [4.69, 9.17) is 0 Å². The largest absolute Gasteiger partial charge is 0.179 e. The molecule has 0 radical (unpaired) electrons. The van der Waals surface area contributed by atoms with Crippen LogP contribution in [0.4, 0.5) is 0 Å². The fourth-order valence-corrected chi connectivity index (χ4v) is 19.3. The minimum absolute atomic E-state index is 1.33. The van der Waals surface area contributed by atoms with Crippen molar-refractivity contribution in [2.24, 2.45) is 0 Å². The van der Waals surface area contributed by atoms with Crippen LogP contribution in [0.2, 0.25) is 0 Å². The van der Waals surface area contributed by atoms with Crippen LogP contribution < -0.4 is 41.5 Å². The summed E-state index contributed by atoms with van der Waals surface area (Å²) in [5.74, 6) is 0. The third-order valence-electron chi connectivity index (χ3n) is 10.6. The minimum Gasteiger partial charge on any atom is -0.135 e. The predicted octanol–water partition coefficient (Wildman–Crippen LogP) is 6.81. The molecule has 0 aliphatic heterocycles.